The lowest BCUT2D eigenvalue weighted by atomic mass is 9.96. The fourth-order valence-electron chi connectivity index (χ4n) is 2.15. The summed E-state index contributed by atoms with van der Waals surface area (Å²) in [7, 11) is 0. The molecule has 1 atom stereocenters. The largest absolute Gasteiger partial charge is 0.207 e. The van der Waals surface area contributed by atoms with Gasteiger partial charge in [0.1, 0.15) is 11.6 Å². The Morgan fingerprint density at radius 2 is 1.56 bits per heavy atom. The number of aryl methyl sites for hydroxylation is 2. The average Bonchev–Trinajstić information content (AvgIpc) is 2.27. The van der Waals surface area contributed by atoms with Crippen molar-refractivity contribution in [2.45, 2.75) is 18.7 Å². The summed E-state index contributed by atoms with van der Waals surface area (Å²) in [5.74, 6) is -0.512. The summed E-state index contributed by atoms with van der Waals surface area (Å²) >= 11 is 3.57. The smallest absolute Gasteiger partial charge is 0.123 e. The minimum Gasteiger partial charge on any atom is -0.207 e. The fraction of sp³-hybridized carbons (Fsp3) is 0.200. The molecule has 2 aromatic rings. The van der Waals surface area contributed by atoms with Crippen LogP contribution in [0.25, 0.3) is 0 Å². The van der Waals surface area contributed by atoms with Crippen LogP contribution in [0.1, 0.15) is 27.1 Å². The van der Waals surface area contributed by atoms with Crippen LogP contribution in [0.5, 0.6) is 0 Å². The molecule has 18 heavy (non-hydrogen) atoms. The summed E-state index contributed by atoms with van der Waals surface area (Å²) in [6.07, 6.45) is 0. The monoisotopic (exact) mass is 310 g/mol. The van der Waals surface area contributed by atoms with Crippen LogP contribution in [0.4, 0.5) is 8.78 Å². The van der Waals surface area contributed by atoms with E-state index in [2.05, 4.69) is 15.9 Å². The van der Waals surface area contributed by atoms with Crippen LogP contribution in [-0.2, 0) is 0 Å². The number of benzene rings is 2. The van der Waals surface area contributed by atoms with Gasteiger partial charge in [0.25, 0.3) is 0 Å². The second-order valence-electron chi connectivity index (χ2n) is 4.37. The van der Waals surface area contributed by atoms with Gasteiger partial charge in [0.2, 0.25) is 0 Å². The molecule has 2 rings (SSSR count). The molecular formula is C15H13BrF2. The Labute approximate surface area is 114 Å². The highest BCUT2D eigenvalue weighted by Crippen LogP contribution is 2.35. The second kappa shape index (κ2) is 5.19. The van der Waals surface area contributed by atoms with Crippen molar-refractivity contribution in [2.24, 2.45) is 0 Å². The standard InChI is InChI=1S/C15H13BrF2/c1-9-6-13(18)7-10(2)14(9)15(16)11-4-3-5-12(17)8-11/h3-8,15H,1-2H3. The van der Waals surface area contributed by atoms with Crippen LogP contribution in [0.2, 0.25) is 0 Å². The van der Waals surface area contributed by atoms with Gasteiger partial charge in [0.05, 0.1) is 4.83 Å². The molecular weight excluding hydrogens is 298 g/mol. The van der Waals surface area contributed by atoms with E-state index in [0.717, 1.165) is 22.3 Å². The van der Waals surface area contributed by atoms with Gasteiger partial charge in [-0.1, -0.05) is 28.1 Å². The predicted octanol–water partition coefficient (Wildman–Crippen LogP) is 5.07. The molecule has 0 amide bonds. The maximum atomic E-state index is 13.3. The van der Waals surface area contributed by atoms with Crippen molar-refractivity contribution in [3.05, 3.63) is 70.3 Å². The Kier molecular flexibility index (Phi) is 3.81. The first-order valence-corrected chi connectivity index (χ1v) is 6.57. The topological polar surface area (TPSA) is 0 Å². The van der Waals surface area contributed by atoms with Gasteiger partial charge in [0.15, 0.2) is 0 Å². The van der Waals surface area contributed by atoms with E-state index in [1.54, 1.807) is 6.07 Å². The first-order chi connectivity index (χ1) is 8.49. The van der Waals surface area contributed by atoms with Crippen LogP contribution in [0.3, 0.4) is 0 Å². The Morgan fingerprint density at radius 3 is 2.11 bits per heavy atom. The van der Waals surface area contributed by atoms with Crippen molar-refractivity contribution in [3.8, 4) is 0 Å². The number of hydrogen-bond donors (Lipinski definition) is 0. The van der Waals surface area contributed by atoms with E-state index < -0.39 is 0 Å². The molecule has 3 heteroatoms. The lowest BCUT2D eigenvalue weighted by Gasteiger charge is -2.17. The van der Waals surface area contributed by atoms with Crippen LogP contribution >= 0.6 is 15.9 Å². The molecule has 0 spiro atoms. The Hall–Kier alpha value is -1.22. The molecule has 0 bridgehead atoms. The lowest BCUT2D eigenvalue weighted by Crippen LogP contribution is -2.00. The summed E-state index contributed by atoms with van der Waals surface area (Å²) < 4.78 is 26.5. The Morgan fingerprint density at radius 1 is 0.944 bits per heavy atom. The zero-order chi connectivity index (χ0) is 13.3. The van der Waals surface area contributed by atoms with Gasteiger partial charge >= 0.3 is 0 Å². The molecule has 1 unspecified atom stereocenters. The molecule has 0 heterocycles. The van der Waals surface area contributed by atoms with Crippen LogP contribution in [0.15, 0.2) is 36.4 Å². The molecule has 94 valence electrons. The summed E-state index contributed by atoms with van der Waals surface area (Å²) in [4.78, 5) is -0.131. The first-order valence-electron chi connectivity index (χ1n) is 5.65. The maximum absolute atomic E-state index is 13.3. The second-order valence-corrected chi connectivity index (χ2v) is 5.29. The SMILES string of the molecule is Cc1cc(F)cc(C)c1C(Br)c1cccc(F)c1. The molecule has 0 aliphatic heterocycles. The number of halogens is 3. The molecule has 0 fully saturated rings. The maximum Gasteiger partial charge on any atom is 0.123 e. The predicted molar refractivity (Wildman–Crippen MR) is 73.0 cm³/mol. The minimum atomic E-state index is -0.269. The molecule has 0 aliphatic rings. The Balaban J connectivity index is 2.49. The van der Waals surface area contributed by atoms with Gasteiger partial charge in [-0.3, -0.25) is 0 Å². The molecule has 0 saturated heterocycles. The van der Waals surface area contributed by atoms with Crippen molar-refractivity contribution in [1.29, 1.82) is 0 Å². The van der Waals surface area contributed by atoms with E-state index in [0.29, 0.717) is 0 Å². The molecule has 2 aromatic carbocycles. The average molecular weight is 311 g/mol. The third-order valence-electron chi connectivity index (χ3n) is 2.95. The number of rotatable bonds is 2. The molecule has 0 radical (unpaired) electrons. The fourth-order valence-corrected chi connectivity index (χ4v) is 3.16. The van der Waals surface area contributed by atoms with Crippen LogP contribution in [0, 0.1) is 25.5 Å². The van der Waals surface area contributed by atoms with E-state index in [4.69, 9.17) is 0 Å². The highest BCUT2D eigenvalue weighted by atomic mass is 79.9. The number of hydrogen-bond acceptors (Lipinski definition) is 0. The third-order valence-corrected chi connectivity index (χ3v) is 3.94. The van der Waals surface area contributed by atoms with Crippen molar-refractivity contribution in [2.75, 3.05) is 0 Å². The first kappa shape index (κ1) is 13.2. The summed E-state index contributed by atoms with van der Waals surface area (Å²) in [6.45, 7) is 3.72. The molecule has 0 aromatic heterocycles. The normalized spacial score (nSPS) is 12.5. The van der Waals surface area contributed by atoms with Gasteiger partial charge < -0.3 is 0 Å². The van der Waals surface area contributed by atoms with E-state index in [1.165, 1.54) is 24.3 Å². The highest BCUT2D eigenvalue weighted by Gasteiger charge is 2.16. The summed E-state index contributed by atoms with van der Waals surface area (Å²) in [5.41, 5.74) is 3.53. The van der Waals surface area contributed by atoms with Crippen molar-refractivity contribution >= 4 is 15.9 Å². The lowest BCUT2D eigenvalue weighted by molar-refractivity contribution is 0.622. The molecule has 0 N–H and O–H groups in total. The summed E-state index contributed by atoms with van der Waals surface area (Å²) in [6, 6.07) is 9.42. The molecule has 0 nitrogen and oxygen atoms in total. The summed E-state index contributed by atoms with van der Waals surface area (Å²) in [5, 5.41) is 0. The Bertz CT molecular complexity index is 555. The number of alkyl halides is 1. The minimum absolute atomic E-state index is 0.131. The zero-order valence-corrected chi connectivity index (χ0v) is 11.8. The quantitative estimate of drug-likeness (QED) is 0.680. The highest BCUT2D eigenvalue weighted by molar-refractivity contribution is 9.09. The van der Waals surface area contributed by atoms with Gasteiger partial charge in [-0.25, -0.2) is 8.78 Å². The molecule has 0 saturated carbocycles. The van der Waals surface area contributed by atoms with Crippen molar-refractivity contribution in [1.82, 2.24) is 0 Å². The van der Waals surface area contributed by atoms with Gasteiger partial charge in [-0.2, -0.15) is 0 Å². The zero-order valence-electron chi connectivity index (χ0n) is 10.2. The van der Waals surface area contributed by atoms with E-state index in [9.17, 15) is 8.78 Å². The van der Waals surface area contributed by atoms with Gasteiger partial charge in [0, 0.05) is 0 Å². The van der Waals surface area contributed by atoms with Gasteiger partial charge in [-0.05, 0) is 60.4 Å². The van der Waals surface area contributed by atoms with Gasteiger partial charge in [-0.15, -0.1) is 0 Å². The molecule has 0 aliphatic carbocycles. The third kappa shape index (κ3) is 2.61. The van der Waals surface area contributed by atoms with Crippen LogP contribution in [-0.4, -0.2) is 0 Å². The van der Waals surface area contributed by atoms with Crippen molar-refractivity contribution < 1.29 is 8.78 Å². The van der Waals surface area contributed by atoms with Crippen molar-refractivity contribution in [3.63, 3.8) is 0 Å². The van der Waals surface area contributed by atoms with E-state index in [1.807, 2.05) is 19.9 Å². The van der Waals surface area contributed by atoms with E-state index in [-0.39, 0.29) is 16.5 Å². The van der Waals surface area contributed by atoms with Crippen LogP contribution < -0.4 is 0 Å². The van der Waals surface area contributed by atoms with E-state index >= 15 is 0 Å².